The van der Waals surface area contributed by atoms with Gasteiger partial charge in [-0.05, 0) is 18.9 Å². The number of nitrogens with zero attached hydrogens (tertiary/aromatic N) is 1. The summed E-state index contributed by atoms with van der Waals surface area (Å²) in [7, 11) is 1.81. The zero-order chi connectivity index (χ0) is 9.68. The van der Waals surface area contributed by atoms with Crippen molar-refractivity contribution in [1.82, 2.24) is 4.90 Å². The smallest absolute Gasteiger partial charge is 0.250 e. The molecule has 0 unspecified atom stereocenters. The van der Waals surface area contributed by atoms with E-state index in [1.807, 2.05) is 13.1 Å². The fourth-order valence-electron chi connectivity index (χ4n) is 1.36. The first-order valence-electron chi connectivity index (χ1n) is 4.91. The number of hydrogen-bond donors (Lipinski definition) is 0. The summed E-state index contributed by atoms with van der Waals surface area (Å²) in [4.78, 5) is 12.8. The van der Waals surface area contributed by atoms with Crippen molar-refractivity contribution < 1.29 is 4.79 Å². The quantitative estimate of drug-likeness (QED) is 0.607. The van der Waals surface area contributed by atoms with Gasteiger partial charge < -0.3 is 4.90 Å². The maximum absolute atomic E-state index is 11.1. The molecule has 0 fully saturated rings. The zero-order valence-electron chi connectivity index (χ0n) is 8.42. The summed E-state index contributed by atoms with van der Waals surface area (Å²) in [6.07, 6.45) is 10.4. The molecule has 0 saturated heterocycles. The Labute approximate surface area is 79.9 Å². The van der Waals surface area contributed by atoms with Gasteiger partial charge in [-0.25, -0.2) is 0 Å². The summed E-state index contributed by atoms with van der Waals surface area (Å²) in [6.45, 7) is 2.19. The van der Waals surface area contributed by atoms with Crippen LogP contribution in [0.5, 0.6) is 0 Å². The number of allylic oxidation sites excluding steroid dienone is 2. The first-order chi connectivity index (χ1) is 6.25. The molecule has 0 aliphatic carbocycles. The van der Waals surface area contributed by atoms with E-state index in [4.69, 9.17) is 0 Å². The van der Waals surface area contributed by atoms with Crippen molar-refractivity contribution in [2.75, 3.05) is 7.05 Å². The molecule has 0 spiro atoms. The van der Waals surface area contributed by atoms with Crippen LogP contribution in [0.4, 0.5) is 0 Å². The largest absolute Gasteiger partial charge is 0.312 e. The fraction of sp³-hybridized carbons (Fsp3) is 0.545. The topological polar surface area (TPSA) is 20.3 Å². The van der Waals surface area contributed by atoms with Gasteiger partial charge in [-0.2, -0.15) is 0 Å². The van der Waals surface area contributed by atoms with E-state index >= 15 is 0 Å². The molecular formula is C11H17NO. The van der Waals surface area contributed by atoms with Crippen LogP contribution < -0.4 is 0 Å². The lowest BCUT2D eigenvalue weighted by Gasteiger charge is -2.10. The van der Waals surface area contributed by atoms with Gasteiger partial charge in [0.1, 0.15) is 0 Å². The second kappa shape index (κ2) is 4.85. The first kappa shape index (κ1) is 10.0. The van der Waals surface area contributed by atoms with E-state index in [0.717, 1.165) is 12.1 Å². The summed E-state index contributed by atoms with van der Waals surface area (Å²) >= 11 is 0. The molecule has 13 heavy (non-hydrogen) atoms. The molecule has 0 saturated carbocycles. The minimum Gasteiger partial charge on any atom is -0.312 e. The van der Waals surface area contributed by atoms with Crippen LogP contribution in [-0.2, 0) is 4.79 Å². The molecule has 1 heterocycles. The number of unbranched alkanes of at least 4 members (excludes halogenated alkanes) is 3. The lowest BCUT2D eigenvalue weighted by atomic mass is 10.2. The van der Waals surface area contributed by atoms with E-state index in [2.05, 4.69) is 13.0 Å². The molecule has 1 aliphatic heterocycles. The van der Waals surface area contributed by atoms with Crippen molar-refractivity contribution in [3.05, 3.63) is 23.9 Å². The third-order valence-electron chi connectivity index (χ3n) is 2.28. The summed E-state index contributed by atoms with van der Waals surface area (Å²) in [5, 5.41) is 0. The molecule has 1 aliphatic rings. The molecule has 0 aromatic heterocycles. The van der Waals surface area contributed by atoms with Crippen LogP contribution in [-0.4, -0.2) is 17.9 Å². The van der Waals surface area contributed by atoms with Crippen LogP contribution in [0.1, 0.15) is 32.6 Å². The average Bonchev–Trinajstić information content (AvgIpc) is 2.43. The van der Waals surface area contributed by atoms with E-state index < -0.39 is 0 Å². The van der Waals surface area contributed by atoms with Crippen molar-refractivity contribution in [3.63, 3.8) is 0 Å². The third kappa shape index (κ3) is 2.72. The molecule has 0 radical (unpaired) electrons. The first-order valence-corrected chi connectivity index (χ1v) is 4.91. The Kier molecular flexibility index (Phi) is 3.74. The molecule has 0 aromatic carbocycles. The van der Waals surface area contributed by atoms with Gasteiger partial charge in [0.2, 0.25) is 0 Å². The minimum atomic E-state index is 0.0849. The van der Waals surface area contributed by atoms with E-state index in [0.29, 0.717) is 0 Å². The Morgan fingerprint density at radius 3 is 2.69 bits per heavy atom. The summed E-state index contributed by atoms with van der Waals surface area (Å²) in [5.74, 6) is 0.0849. The van der Waals surface area contributed by atoms with Crippen LogP contribution in [0, 0.1) is 0 Å². The molecule has 1 amide bonds. The van der Waals surface area contributed by atoms with E-state index in [-0.39, 0.29) is 5.91 Å². The number of rotatable bonds is 4. The number of likely N-dealkylation sites (N-methyl/N-ethyl adjacent to an activating group) is 1. The highest BCUT2D eigenvalue weighted by Crippen LogP contribution is 2.14. The van der Waals surface area contributed by atoms with Crippen LogP contribution in [0.3, 0.4) is 0 Å². The van der Waals surface area contributed by atoms with E-state index in [1.54, 1.807) is 11.0 Å². The van der Waals surface area contributed by atoms with Gasteiger partial charge in [-0.1, -0.05) is 25.8 Å². The predicted molar refractivity (Wildman–Crippen MR) is 54.1 cm³/mol. The summed E-state index contributed by atoms with van der Waals surface area (Å²) in [5.41, 5.74) is 1.04. The lowest BCUT2D eigenvalue weighted by molar-refractivity contribution is -0.122. The Hall–Kier alpha value is -1.05. The van der Waals surface area contributed by atoms with Crippen molar-refractivity contribution >= 4 is 5.91 Å². The van der Waals surface area contributed by atoms with Crippen molar-refractivity contribution in [3.8, 4) is 0 Å². The lowest BCUT2D eigenvalue weighted by Crippen LogP contribution is -2.17. The summed E-state index contributed by atoms with van der Waals surface area (Å²) in [6, 6.07) is 0. The molecule has 0 aromatic rings. The molecule has 2 nitrogen and oxygen atoms in total. The predicted octanol–water partition coefficient (Wildman–Crippen LogP) is 2.48. The Bertz CT molecular complexity index is 240. The zero-order valence-corrected chi connectivity index (χ0v) is 8.42. The number of amides is 1. The molecule has 0 N–H and O–H groups in total. The molecule has 1 rings (SSSR count). The van der Waals surface area contributed by atoms with Gasteiger partial charge in [0.25, 0.3) is 5.91 Å². The van der Waals surface area contributed by atoms with Crippen LogP contribution in [0.25, 0.3) is 0 Å². The fourth-order valence-corrected chi connectivity index (χ4v) is 1.36. The highest BCUT2D eigenvalue weighted by Gasteiger charge is 2.13. The SMILES string of the molecule is CCCCCC=C1C=CC(=O)N1C. The van der Waals surface area contributed by atoms with Crippen LogP contribution >= 0.6 is 0 Å². The number of carbonyl (C=O) groups is 1. The third-order valence-corrected chi connectivity index (χ3v) is 2.28. The number of carbonyl (C=O) groups excluding carboxylic acids is 1. The van der Waals surface area contributed by atoms with Crippen molar-refractivity contribution in [2.45, 2.75) is 32.6 Å². The average molecular weight is 179 g/mol. The van der Waals surface area contributed by atoms with E-state index in [9.17, 15) is 4.79 Å². The highest BCUT2D eigenvalue weighted by molar-refractivity contribution is 5.92. The maximum Gasteiger partial charge on any atom is 0.250 e. The van der Waals surface area contributed by atoms with Gasteiger partial charge in [-0.3, -0.25) is 4.79 Å². The second-order valence-electron chi connectivity index (χ2n) is 3.36. The minimum absolute atomic E-state index is 0.0849. The summed E-state index contributed by atoms with van der Waals surface area (Å²) < 4.78 is 0. The monoisotopic (exact) mass is 179 g/mol. The van der Waals surface area contributed by atoms with Gasteiger partial charge >= 0.3 is 0 Å². The van der Waals surface area contributed by atoms with Gasteiger partial charge in [0.05, 0.1) is 0 Å². The Morgan fingerprint density at radius 1 is 1.38 bits per heavy atom. The highest BCUT2D eigenvalue weighted by atomic mass is 16.2. The molecule has 72 valence electrons. The Balaban J connectivity index is 2.35. The molecule has 0 bridgehead atoms. The van der Waals surface area contributed by atoms with Crippen LogP contribution in [0.15, 0.2) is 23.9 Å². The van der Waals surface area contributed by atoms with Crippen molar-refractivity contribution in [1.29, 1.82) is 0 Å². The Morgan fingerprint density at radius 2 is 2.15 bits per heavy atom. The van der Waals surface area contributed by atoms with Gasteiger partial charge in [0.15, 0.2) is 0 Å². The van der Waals surface area contributed by atoms with E-state index in [1.165, 1.54) is 19.3 Å². The van der Waals surface area contributed by atoms with Crippen molar-refractivity contribution in [2.24, 2.45) is 0 Å². The maximum atomic E-state index is 11.1. The second-order valence-corrected chi connectivity index (χ2v) is 3.36. The molecule has 2 heteroatoms. The van der Waals surface area contributed by atoms with Gasteiger partial charge in [-0.15, -0.1) is 0 Å². The molecular weight excluding hydrogens is 162 g/mol. The van der Waals surface area contributed by atoms with Gasteiger partial charge in [0, 0.05) is 18.8 Å². The standard InChI is InChI=1S/C11H17NO/c1-3-4-5-6-7-10-8-9-11(13)12(10)2/h7-9H,3-6H2,1-2H3. The molecule has 0 atom stereocenters. The number of hydrogen-bond acceptors (Lipinski definition) is 1. The normalized spacial score (nSPS) is 19.1. The van der Waals surface area contributed by atoms with Crippen LogP contribution in [0.2, 0.25) is 0 Å².